The van der Waals surface area contributed by atoms with Gasteiger partial charge >= 0.3 is 0 Å². The molecule has 1 atom stereocenters. The van der Waals surface area contributed by atoms with E-state index in [9.17, 15) is 9.59 Å². The van der Waals surface area contributed by atoms with Gasteiger partial charge in [0.1, 0.15) is 5.57 Å². The molecule has 1 fully saturated rings. The van der Waals surface area contributed by atoms with E-state index in [1.165, 1.54) is 16.2 Å². The van der Waals surface area contributed by atoms with Crippen LogP contribution in [0.1, 0.15) is 76.1 Å². The van der Waals surface area contributed by atoms with E-state index in [0.29, 0.717) is 17.6 Å². The minimum atomic E-state index is -0.458. The summed E-state index contributed by atoms with van der Waals surface area (Å²) in [4.78, 5) is 30.5. The molecule has 0 bridgehead atoms. The van der Waals surface area contributed by atoms with Crippen LogP contribution < -0.4 is 15.1 Å². The smallest absolute Gasteiger partial charge is 0.270 e. The second-order valence-corrected chi connectivity index (χ2v) is 11.0. The lowest BCUT2D eigenvalue weighted by Crippen LogP contribution is -2.54. The van der Waals surface area contributed by atoms with Gasteiger partial charge in [0.25, 0.3) is 11.8 Å². The van der Waals surface area contributed by atoms with Gasteiger partial charge in [-0.3, -0.25) is 19.8 Å². The summed E-state index contributed by atoms with van der Waals surface area (Å²) in [6.07, 6.45) is 3.51. The van der Waals surface area contributed by atoms with Gasteiger partial charge in [0, 0.05) is 17.3 Å². The van der Waals surface area contributed by atoms with Crippen molar-refractivity contribution in [1.82, 2.24) is 5.32 Å². The number of rotatable bonds is 4. The number of aryl methyl sites for hydroxylation is 2. The number of benzene rings is 2. The molecule has 5 nitrogen and oxygen atoms in total. The molecule has 0 unspecified atom stereocenters. The summed E-state index contributed by atoms with van der Waals surface area (Å²) < 4.78 is 0. The quantitative estimate of drug-likeness (QED) is 0.331. The fourth-order valence-corrected chi connectivity index (χ4v) is 6.08. The van der Waals surface area contributed by atoms with Gasteiger partial charge in [-0.05, 0) is 112 Å². The third kappa shape index (κ3) is 4.40. The highest BCUT2D eigenvalue weighted by atomic mass is 32.1. The first-order valence-corrected chi connectivity index (χ1v) is 12.8. The summed E-state index contributed by atoms with van der Waals surface area (Å²) in [6, 6.07) is 12.4. The summed E-state index contributed by atoms with van der Waals surface area (Å²) in [5.41, 5.74) is 6.25. The van der Waals surface area contributed by atoms with Crippen LogP contribution in [-0.2, 0) is 16.0 Å². The number of anilines is 2. The zero-order valence-corrected chi connectivity index (χ0v) is 22.5. The fraction of sp³-hybridized carbons (Fsp3) is 0.414. The van der Waals surface area contributed by atoms with E-state index in [2.05, 4.69) is 57.0 Å². The van der Waals surface area contributed by atoms with Gasteiger partial charge in [0.2, 0.25) is 0 Å². The summed E-state index contributed by atoms with van der Waals surface area (Å²) >= 11 is 5.41. The second-order valence-electron chi connectivity index (χ2n) is 10.6. The fourth-order valence-electron chi connectivity index (χ4n) is 5.81. The van der Waals surface area contributed by atoms with Crippen LogP contribution in [-0.4, -0.2) is 28.5 Å². The van der Waals surface area contributed by atoms with Crippen molar-refractivity contribution in [1.29, 1.82) is 0 Å². The molecule has 2 amide bonds. The second kappa shape index (κ2) is 9.23. The first-order valence-electron chi connectivity index (χ1n) is 12.4. The van der Waals surface area contributed by atoms with E-state index in [1.54, 1.807) is 6.08 Å². The van der Waals surface area contributed by atoms with Crippen LogP contribution in [0.25, 0.3) is 6.08 Å². The number of carbonyl (C=O) groups is 2. The number of thiocarbonyl (C=S) groups is 1. The molecular formula is C29H35N3O2S. The molecule has 4 rings (SSSR count). The highest BCUT2D eigenvalue weighted by molar-refractivity contribution is 7.80. The van der Waals surface area contributed by atoms with Crippen molar-refractivity contribution in [3.8, 4) is 0 Å². The Morgan fingerprint density at radius 2 is 1.86 bits per heavy atom. The van der Waals surface area contributed by atoms with Crippen molar-refractivity contribution in [3.05, 3.63) is 64.2 Å². The minimum Gasteiger partial charge on any atom is -0.364 e. The largest absolute Gasteiger partial charge is 0.364 e. The minimum absolute atomic E-state index is 0.0507. The maximum absolute atomic E-state index is 13.6. The van der Waals surface area contributed by atoms with Crippen molar-refractivity contribution < 1.29 is 9.59 Å². The zero-order valence-electron chi connectivity index (χ0n) is 21.7. The van der Waals surface area contributed by atoms with Crippen LogP contribution >= 0.6 is 12.2 Å². The molecule has 0 saturated carbocycles. The van der Waals surface area contributed by atoms with Crippen LogP contribution in [0.2, 0.25) is 0 Å². The van der Waals surface area contributed by atoms with Crippen LogP contribution in [0.15, 0.2) is 42.0 Å². The Bertz CT molecular complexity index is 1240. The lowest BCUT2D eigenvalue weighted by Gasteiger charge is -2.50. The third-order valence-electron chi connectivity index (χ3n) is 7.19. The number of fused-ring (bicyclic) bond motifs is 1. The summed E-state index contributed by atoms with van der Waals surface area (Å²) in [6.45, 7) is 15.4. The molecule has 2 aromatic carbocycles. The van der Waals surface area contributed by atoms with Crippen LogP contribution in [0.5, 0.6) is 0 Å². The monoisotopic (exact) mass is 489 g/mol. The Labute approximate surface area is 214 Å². The van der Waals surface area contributed by atoms with E-state index >= 15 is 0 Å². The maximum atomic E-state index is 13.6. The molecule has 1 saturated heterocycles. The van der Waals surface area contributed by atoms with Gasteiger partial charge < -0.3 is 4.90 Å². The highest BCUT2D eigenvalue weighted by Gasteiger charge is 2.39. The predicted octanol–water partition coefficient (Wildman–Crippen LogP) is 5.89. The summed E-state index contributed by atoms with van der Waals surface area (Å²) in [5.74, 6) is -0.487. The number of hydrogen-bond donors (Lipinski definition) is 1. The molecule has 0 aromatic heterocycles. The number of hydrogen-bond acceptors (Lipinski definition) is 4. The molecule has 35 heavy (non-hydrogen) atoms. The number of para-hydroxylation sites is 1. The van der Waals surface area contributed by atoms with Gasteiger partial charge in [0.15, 0.2) is 5.11 Å². The molecule has 2 aromatic rings. The van der Waals surface area contributed by atoms with Gasteiger partial charge in [-0.25, -0.2) is 0 Å². The maximum Gasteiger partial charge on any atom is 0.270 e. The van der Waals surface area contributed by atoms with Crippen molar-refractivity contribution in [2.75, 3.05) is 9.80 Å². The van der Waals surface area contributed by atoms with Crippen LogP contribution in [0.3, 0.4) is 0 Å². The third-order valence-corrected chi connectivity index (χ3v) is 7.48. The van der Waals surface area contributed by atoms with E-state index in [1.807, 2.05) is 38.1 Å². The Morgan fingerprint density at radius 1 is 1.17 bits per heavy atom. The van der Waals surface area contributed by atoms with E-state index in [0.717, 1.165) is 29.5 Å². The van der Waals surface area contributed by atoms with Gasteiger partial charge in [-0.15, -0.1) is 0 Å². The summed E-state index contributed by atoms with van der Waals surface area (Å²) in [5, 5.41) is 2.84. The molecule has 6 heteroatoms. The van der Waals surface area contributed by atoms with E-state index in [4.69, 9.17) is 12.2 Å². The first kappa shape index (κ1) is 25.1. The van der Waals surface area contributed by atoms with E-state index < -0.39 is 11.8 Å². The summed E-state index contributed by atoms with van der Waals surface area (Å²) in [7, 11) is 0. The lowest BCUT2D eigenvalue weighted by molar-refractivity contribution is -0.122. The van der Waals surface area contributed by atoms with Crippen molar-refractivity contribution in [2.24, 2.45) is 0 Å². The molecule has 0 aliphatic carbocycles. The number of carbonyl (C=O) groups excluding carboxylic acids is 2. The molecular weight excluding hydrogens is 454 g/mol. The zero-order chi connectivity index (χ0) is 25.7. The average Bonchev–Trinajstić information content (AvgIpc) is 2.76. The molecule has 2 aliphatic heterocycles. The normalized spacial score (nSPS) is 21.0. The van der Waals surface area contributed by atoms with Crippen molar-refractivity contribution >= 4 is 46.6 Å². The van der Waals surface area contributed by atoms with Gasteiger partial charge in [-0.1, -0.05) is 32.0 Å². The average molecular weight is 490 g/mol. The number of amides is 2. The van der Waals surface area contributed by atoms with Gasteiger partial charge in [-0.2, -0.15) is 0 Å². The number of nitrogens with zero attached hydrogens (tertiary/aromatic N) is 2. The molecule has 2 aliphatic rings. The molecule has 1 N–H and O–H groups in total. The Balaban J connectivity index is 1.80. The Morgan fingerprint density at radius 3 is 2.51 bits per heavy atom. The lowest BCUT2D eigenvalue weighted by atomic mass is 9.78. The van der Waals surface area contributed by atoms with Crippen LogP contribution in [0, 0.1) is 6.92 Å². The molecule has 0 spiro atoms. The topological polar surface area (TPSA) is 52.7 Å². The Hall–Kier alpha value is -2.99. The first-order chi connectivity index (χ1) is 16.5. The van der Waals surface area contributed by atoms with E-state index in [-0.39, 0.29) is 16.2 Å². The standard InChI is InChI=1S/C29H35N3O2S/c1-8-20-11-9-10-12-24(20)31-27(34)23(26(33)30-28(31)35)15-21-14-22-19(5)16-29(6,7)32(17(2)3)25(22)13-18(21)4/h9-15,17,19H,8,16H2,1-7H3,(H,30,33,35)/b23-15+/t19-/m1/s1. The molecule has 0 radical (unpaired) electrons. The van der Waals surface area contributed by atoms with Gasteiger partial charge in [0.05, 0.1) is 5.69 Å². The number of nitrogens with one attached hydrogen (secondary N) is 1. The SMILES string of the molecule is CCc1ccccc1N1C(=O)/C(=C/c2cc3c(cc2C)N(C(C)C)C(C)(C)C[C@H]3C)C(=O)NC1=S. The van der Waals surface area contributed by atoms with Crippen LogP contribution in [0.4, 0.5) is 11.4 Å². The van der Waals surface area contributed by atoms with Crippen molar-refractivity contribution in [3.63, 3.8) is 0 Å². The Kier molecular flexibility index (Phi) is 6.62. The molecule has 184 valence electrons. The predicted molar refractivity (Wildman–Crippen MR) is 148 cm³/mol. The highest BCUT2D eigenvalue weighted by Crippen LogP contribution is 2.45. The van der Waals surface area contributed by atoms with Crippen molar-refractivity contribution in [2.45, 2.75) is 78.8 Å². The molecule has 2 heterocycles.